The van der Waals surface area contributed by atoms with E-state index in [9.17, 15) is 19.2 Å². The number of carboxylic acids is 1. The van der Waals surface area contributed by atoms with Crippen molar-refractivity contribution in [1.82, 2.24) is 16.1 Å². The predicted octanol–water partition coefficient (Wildman–Crippen LogP) is 3.37. The Morgan fingerprint density at radius 3 is 2.55 bits per heavy atom. The molecule has 2 heterocycles. The van der Waals surface area contributed by atoms with Crippen molar-refractivity contribution in [3.8, 4) is 22.8 Å². The molecule has 4 N–H and O–H groups in total. The SMILES string of the molecule is CCOC(=O)C1=C(C)NC(=O)N[C@@H]1c1ccc(OCC(=O)N/N=C\c2ccc(-c3ccc(C(=O)O)cc3)o2)c(OC)c1. The van der Waals surface area contributed by atoms with Crippen LogP contribution in [0.5, 0.6) is 11.5 Å². The second-order valence-corrected chi connectivity index (χ2v) is 8.87. The van der Waals surface area contributed by atoms with Gasteiger partial charge >= 0.3 is 18.0 Å². The number of aromatic carboxylic acids is 1. The minimum Gasteiger partial charge on any atom is -0.493 e. The fraction of sp³-hybridized carbons (Fsp3) is 0.207. The monoisotopic (exact) mass is 576 g/mol. The minimum absolute atomic E-state index is 0.163. The van der Waals surface area contributed by atoms with Gasteiger partial charge in [0.2, 0.25) is 0 Å². The molecule has 3 aromatic rings. The first-order valence-electron chi connectivity index (χ1n) is 12.7. The van der Waals surface area contributed by atoms with E-state index in [1.54, 1.807) is 56.3 Å². The number of hydrogen-bond donors (Lipinski definition) is 4. The van der Waals surface area contributed by atoms with Crippen LogP contribution in [0.2, 0.25) is 0 Å². The Bertz CT molecular complexity index is 1560. The van der Waals surface area contributed by atoms with Gasteiger partial charge < -0.3 is 34.4 Å². The molecule has 2 aromatic carbocycles. The Morgan fingerprint density at radius 1 is 1.10 bits per heavy atom. The Labute approximate surface area is 240 Å². The number of nitrogens with zero attached hydrogens (tertiary/aromatic N) is 1. The van der Waals surface area contributed by atoms with Crippen molar-refractivity contribution in [2.75, 3.05) is 20.3 Å². The van der Waals surface area contributed by atoms with Gasteiger partial charge in [-0.25, -0.2) is 19.8 Å². The number of amides is 3. The number of carboxylic acid groups (broad SMARTS) is 1. The van der Waals surface area contributed by atoms with Crippen molar-refractivity contribution in [3.63, 3.8) is 0 Å². The quantitative estimate of drug-likeness (QED) is 0.151. The normalized spacial score (nSPS) is 14.6. The zero-order chi connectivity index (χ0) is 30.2. The average molecular weight is 577 g/mol. The molecule has 3 amide bonds. The van der Waals surface area contributed by atoms with Gasteiger partial charge in [-0.3, -0.25) is 4.79 Å². The summed E-state index contributed by atoms with van der Waals surface area (Å²) in [6.07, 6.45) is 1.31. The van der Waals surface area contributed by atoms with Crippen LogP contribution in [0, 0.1) is 0 Å². The summed E-state index contributed by atoms with van der Waals surface area (Å²) in [6.45, 7) is 3.09. The number of urea groups is 1. The van der Waals surface area contributed by atoms with Crippen molar-refractivity contribution in [2.45, 2.75) is 19.9 Å². The number of benzene rings is 2. The topological polar surface area (TPSA) is 178 Å². The third-order valence-corrected chi connectivity index (χ3v) is 6.07. The van der Waals surface area contributed by atoms with Crippen LogP contribution in [0.4, 0.5) is 4.79 Å². The molecule has 1 aromatic heterocycles. The first-order valence-corrected chi connectivity index (χ1v) is 12.7. The first kappa shape index (κ1) is 29.4. The van der Waals surface area contributed by atoms with Crippen molar-refractivity contribution in [1.29, 1.82) is 0 Å². The Kier molecular flexibility index (Phi) is 9.22. The smallest absolute Gasteiger partial charge is 0.338 e. The molecule has 0 unspecified atom stereocenters. The maximum atomic E-state index is 12.6. The lowest BCUT2D eigenvalue weighted by Gasteiger charge is -2.28. The summed E-state index contributed by atoms with van der Waals surface area (Å²) in [7, 11) is 1.42. The number of methoxy groups -OCH3 is 1. The van der Waals surface area contributed by atoms with E-state index < -0.39 is 29.9 Å². The highest BCUT2D eigenvalue weighted by Gasteiger charge is 2.32. The maximum absolute atomic E-state index is 12.6. The number of carbonyl (C=O) groups is 4. The number of ether oxygens (including phenoxy) is 3. The molecule has 0 bridgehead atoms. The van der Waals surface area contributed by atoms with Crippen molar-refractivity contribution >= 4 is 30.1 Å². The number of nitrogens with one attached hydrogen (secondary N) is 3. The Hall–Kier alpha value is -5.59. The van der Waals surface area contributed by atoms with Gasteiger partial charge in [0, 0.05) is 11.3 Å². The second-order valence-electron chi connectivity index (χ2n) is 8.87. The summed E-state index contributed by atoms with van der Waals surface area (Å²) in [5.41, 5.74) is 4.36. The molecule has 0 saturated carbocycles. The van der Waals surface area contributed by atoms with Gasteiger partial charge in [-0.15, -0.1) is 0 Å². The lowest BCUT2D eigenvalue weighted by molar-refractivity contribution is -0.139. The molecule has 0 radical (unpaired) electrons. The number of hydrazone groups is 1. The number of allylic oxidation sites excluding steroid dienone is 1. The number of hydrogen-bond acceptors (Lipinski definition) is 9. The van der Waals surface area contributed by atoms with Crippen molar-refractivity contribution in [2.24, 2.45) is 5.10 Å². The van der Waals surface area contributed by atoms with E-state index in [0.29, 0.717) is 28.3 Å². The van der Waals surface area contributed by atoms with E-state index in [4.69, 9.17) is 23.7 Å². The Morgan fingerprint density at radius 2 is 1.86 bits per heavy atom. The molecule has 218 valence electrons. The molecule has 4 rings (SSSR count). The van der Waals surface area contributed by atoms with Crippen LogP contribution in [0.1, 0.15) is 41.6 Å². The summed E-state index contributed by atoms with van der Waals surface area (Å²) in [4.78, 5) is 48.0. The lowest BCUT2D eigenvalue weighted by atomic mass is 9.95. The summed E-state index contributed by atoms with van der Waals surface area (Å²) in [6, 6.07) is 13.1. The largest absolute Gasteiger partial charge is 0.493 e. The predicted molar refractivity (Wildman–Crippen MR) is 149 cm³/mol. The highest BCUT2D eigenvalue weighted by molar-refractivity contribution is 5.95. The third-order valence-electron chi connectivity index (χ3n) is 6.07. The summed E-state index contributed by atoms with van der Waals surface area (Å²) >= 11 is 0. The highest BCUT2D eigenvalue weighted by Crippen LogP contribution is 2.34. The van der Waals surface area contributed by atoms with E-state index in [-0.39, 0.29) is 35.8 Å². The van der Waals surface area contributed by atoms with Gasteiger partial charge in [-0.05, 0) is 55.8 Å². The molecule has 1 aliphatic rings. The van der Waals surface area contributed by atoms with Gasteiger partial charge in [0.05, 0.1) is 37.1 Å². The first-order chi connectivity index (χ1) is 20.2. The van der Waals surface area contributed by atoms with E-state index in [2.05, 4.69) is 21.2 Å². The molecule has 0 fully saturated rings. The van der Waals surface area contributed by atoms with Crippen LogP contribution in [0.25, 0.3) is 11.3 Å². The van der Waals surface area contributed by atoms with Crippen LogP contribution in [-0.4, -0.2) is 55.5 Å². The number of esters is 1. The van der Waals surface area contributed by atoms with Crippen LogP contribution < -0.4 is 25.5 Å². The molecule has 42 heavy (non-hydrogen) atoms. The lowest BCUT2D eigenvalue weighted by Crippen LogP contribution is -2.45. The second kappa shape index (κ2) is 13.2. The molecule has 1 atom stereocenters. The molecular weight excluding hydrogens is 548 g/mol. The molecule has 0 spiro atoms. The fourth-order valence-electron chi connectivity index (χ4n) is 4.10. The molecular formula is C29H28N4O9. The molecule has 0 saturated heterocycles. The third kappa shape index (κ3) is 6.94. The standard InChI is InChI=1S/C29H28N4O9/c1-4-40-28(37)25-16(2)31-29(38)32-26(25)19-9-11-22(23(13-19)39-3)41-15-24(34)33-30-14-20-10-12-21(42-20)17-5-7-18(8-6-17)27(35)36/h5-14,26H,4,15H2,1-3H3,(H,33,34)(H,35,36)(H2,31,32,38)/b30-14-/t26-/m1/s1. The highest BCUT2D eigenvalue weighted by atomic mass is 16.5. The van der Waals surface area contributed by atoms with E-state index in [1.165, 1.54) is 25.5 Å². The van der Waals surface area contributed by atoms with Gasteiger partial charge in [0.15, 0.2) is 18.1 Å². The number of furan rings is 1. The molecule has 13 heteroatoms. The zero-order valence-corrected chi connectivity index (χ0v) is 22.9. The number of rotatable bonds is 11. The summed E-state index contributed by atoms with van der Waals surface area (Å²) < 4.78 is 21.8. The Balaban J connectivity index is 1.36. The van der Waals surface area contributed by atoms with Crippen LogP contribution >= 0.6 is 0 Å². The number of carbonyl (C=O) groups excluding carboxylic acids is 3. The molecule has 1 aliphatic heterocycles. The maximum Gasteiger partial charge on any atom is 0.338 e. The van der Waals surface area contributed by atoms with Gasteiger partial charge in [0.25, 0.3) is 5.91 Å². The fourth-order valence-corrected chi connectivity index (χ4v) is 4.10. The zero-order valence-electron chi connectivity index (χ0n) is 22.9. The van der Waals surface area contributed by atoms with Gasteiger partial charge in [-0.1, -0.05) is 18.2 Å². The van der Waals surface area contributed by atoms with Crippen molar-refractivity contribution < 1.29 is 42.9 Å². The molecule has 0 aliphatic carbocycles. The minimum atomic E-state index is -1.02. The van der Waals surface area contributed by atoms with Gasteiger partial charge in [0.1, 0.15) is 11.5 Å². The van der Waals surface area contributed by atoms with E-state index >= 15 is 0 Å². The molecule has 13 nitrogen and oxygen atoms in total. The van der Waals surface area contributed by atoms with E-state index in [0.717, 1.165) is 0 Å². The van der Waals surface area contributed by atoms with Crippen LogP contribution in [0.3, 0.4) is 0 Å². The summed E-state index contributed by atoms with van der Waals surface area (Å²) in [5.74, 6) is -0.745. The van der Waals surface area contributed by atoms with Gasteiger partial charge in [-0.2, -0.15) is 5.10 Å². The van der Waals surface area contributed by atoms with Crippen LogP contribution in [-0.2, 0) is 14.3 Å². The van der Waals surface area contributed by atoms with E-state index in [1.807, 2.05) is 0 Å². The van der Waals surface area contributed by atoms with Crippen LogP contribution in [0.15, 0.2) is 75.4 Å². The van der Waals surface area contributed by atoms with Crippen molar-refractivity contribution in [3.05, 3.63) is 82.8 Å². The summed E-state index contributed by atoms with van der Waals surface area (Å²) in [5, 5.41) is 18.2. The average Bonchev–Trinajstić information content (AvgIpc) is 3.44.